The van der Waals surface area contributed by atoms with E-state index in [-0.39, 0.29) is 27.0 Å². The van der Waals surface area contributed by atoms with Gasteiger partial charge in [0.05, 0.1) is 5.69 Å². The van der Waals surface area contributed by atoms with E-state index in [9.17, 15) is 4.39 Å². The third-order valence-corrected chi connectivity index (χ3v) is 8.12. The van der Waals surface area contributed by atoms with Crippen LogP contribution in [0.5, 0.6) is 0 Å². The van der Waals surface area contributed by atoms with Crippen LogP contribution >= 0.6 is 0 Å². The number of pyridine rings is 1. The van der Waals surface area contributed by atoms with E-state index in [4.69, 9.17) is 4.98 Å². The number of nitrogens with zero attached hydrogens (tertiary/aromatic N) is 5. The van der Waals surface area contributed by atoms with E-state index in [1.54, 1.807) is 16.8 Å². The first-order valence-electron chi connectivity index (χ1n) is 11.4. The van der Waals surface area contributed by atoms with Crippen molar-refractivity contribution in [2.45, 2.75) is 0 Å². The van der Waals surface area contributed by atoms with Gasteiger partial charge in [-0.05, 0) is 6.07 Å². The van der Waals surface area contributed by atoms with Crippen LogP contribution in [0, 0.1) is 9.39 Å². The van der Waals surface area contributed by atoms with Crippen LogP contribution in [-0.2, 0) is 0 Å². The zero-order valence-electron chi connectivity index (χ0n) is 19.0. The number of benzene rings is 2. The van der Waals surface area contributed by atoms with Crippen molar-refractivity contribution in [1.82, 2.24) is 24.9 Å². The van der Waals surface area contributed by atoms with Gasteiger partial charge in [-0.3, -0.25) is 0 Å². The van der Waals surface area contributed by atoms with Crippen LogP contribution in [-0.4, -0.2) is 45.8 Å². The number of aromatic nitrogens is 4. The summed E-state index contributed by atoms with van der Waals surface area (Å²) in [6.45, 7) is 7.22. The average Bonchev–Trinajstić information content (AvgIpc) is 3.32. The van der Waals surface area contributed by atoms with Crippen LogP contribution < -0.4 is 31.4 Å². The molecule has 6 rings (SSSR count). The third kappa shape index (κ3) is 4.17. The fourth-order valence-corrected chi connectivity index (χ4v) is 5.95. The fraction of sp³-hybridized carbons (Fsp3) is 0.148. The molecule has 1 fully saturated rings. The number of piperazine rings is 1. The van der Waals surface area contributed by atoms with Gasteiger partial charge in [-0.25, -0.2) is 4.39 Å². The zero-order chi connectivity index (χ0) is 23.8. The van der Waals surface area contributed by atoms with Crippen molar-refractivity contribution in [3.05, 3.63) is 87.3 Å². The second kappa shape index (κ2) is 9.35. The Kier molecular flexibility index (Phi) is 5.91. The van der Waals surface area contributed by atoms with Gasteiger partial charge in [-0.2, -0.15) is 0 Å². The molecule has 1 saturated heterocycles. The first-order valence-corrected chi connectivity index (χ1v) is 13.8. The molecule has 35 heavy (non-hydrogen) atoms. The molecule has 4 heterocycles. The second-order valence-corrected chi connectivity index (χ2v) is 11.1. The summed E-state index contributed by atoms with van der Waals surface area (Å²) in [5.41, 5.74) is 5.93. The summed E-state index contributed by atoms with van der Waals surface area (Å²) in [6, 6.07) is 13.8. The molecule has 0 aliphatic carbocycles. The molecule has 0 atom stereocenters. The zero-order valence-corrected chi connectivity index (χ0v) is 21.1. The molecule has 1 aliphatic rings. The molecule has 0 saturated carbocycles. The summed E-state index contributed by atoms with van der Waals surface area (Å²) < 4.78 is 20.0. The number of hydrogen-bond donors (Lipinski definition) is 1. The molecule has 1 N–H and O–H groups in total. The summed E-state index contributed by atoms with van der Waals surface area (Å²) in [5.74, 6) is -0.216. The number of halogens is 2. The van der Waals surface area contributed by atoms with Crippen LogP contribution in [0.1, 0.15) is 0 Å². The predicted octanol–water partition coefficient (Wildman–Crippen LogP) is 1.56. The number of rotatable bonds is 5. The Bertz CT molecular complexity index is 1560. The minimum atomic E-state index is -0.216. The number of hydrogen-bond acceptors (Lipinski definition) is 5. The number of fused-ring (bicyclic) bond motifs is 2. The van der Waals surface area contributed by atoms with E-state index >= 15 is 0 Å². The van der Waals surface area contributed by atoms with Gasteiger partial charge in [0.25, 0.3) is 0 Å². The fourth-order valence-electron chi connectivity index (χ4n) is 4.58. The molecule has 2 aromatic carbocycles. The standard InChI is InChI=1S/C27H23FIN6/c1-2-29-20-4-5-22-21(7-8-31-25(22)14-20)23-16-33-35-17-19(15-32-27(23)35)18-3-6-26(24(28)13-18)34-11-9-30-10-12-34/h2-8,13-17,30H,1,9-12H2/q-1. The van der Waals surface area contributed by atoms with Crippen LogP contribution in [0.25, 0.3) is 38.8 Å². The van der Waals surface area contributed by atoms with Gasteiger partial charge >= 0.3 is 155 Å². The quantitative estimate of drug-likeness (QED) is 0.322. The van der Waals surface area contributed by atoms with Gasteiger partial charge in [0.2, 0.25) is 0 Å². The van der Waals surface area contributed by atoms with Crippen molar-refractivity contribution >= 4 is 22.2 Å². The molecule has 0 bridgehead atoms. The van der Waals surface area contributed by atoms with Gasteiger partial charge in [0.15, 0.2) is 0 Å². The summed E-state index contributed by atoms with van der Waals surface area (Å²) in [7, 11) is 0. The summed E-state index contributed by atoms with van der Waals surface area (Å²) >= 11 is -0.202. The molecule has 0 radical (unpaired) electrons. The Balaban J connectivity index is 1.36. The number of nitrogens with one attached hydrogen (secondary N) is 1. The SMILES string of the molecule is C=C[I-]c1ccc2c(-c3cnn4cc(-c5ccc(N6CCNCC6)c(F)c5)cnc34)ccnc2c1. The Morgan fingerprint density at radius 2 is 1.86 bits per heavy atom. The van der Waals surface area contributed by atoms with Gasteiger partial charge in [0.1, 0.15) is 5.82 Å². The van der Waals surface area contributed by atoms with Gasteiger partial charge in [0, 0.05) is 26.2 Å². The molecule has 0 spiro atoms. The second-order valence-electron chi connectivity index (χ2n) is 8.36. The number of anilines is 1. The maximum absolute atomic E-state index is 15.0. The van der Waals surface area contributed by atoms with Gasteiger partial charge < -0.3 is 10.2 Å². The van der Waals surface area contributed by atoms with E-state index in [1.165, 1.54) is 3.57 Å². The molecule has 8 heteroatoms. The van der Waals surface area contributed by atoms with E-state index < -0.39 is 0 Å². The van der Waals surface area contributed by atoms with Gasteiger partial charge in [-0.1, -0.05) is 0 Å². The van der Waals surface area contributed by atoms with Crippen LogP contribution in [0.15, 0.2) is 77.9 Å². The predicted molar refractivity (Wildman–Crippen MR) is 133 cm³/mol. The summed E-state index contributed by atoms with van der Waals surface area (Å²) in [5, 5.41) is 8.93. The first-order chi connectivity index (χ1) is 17.2. The van der Waals surface area contributed by atoms with Crippen LogP contribution in [0.3, 0.4) is 0 Å². The molecule has 3 aromatic heterocycles. The molecule has 5 aromatic rings. The Hall–Kier alpha value is -3.37. The van der Waals surface area contributed by atoms with Crippen molar-refractivity contribution in [2.24, 2.45) is 0 Å². The molecular formula is C27H23FIN6-. The maximum atomic E-state index is 15.0. The first kappa shape index (κ1) is 22.1. The Morgan fingerprint density at radius 3 is 2.69 bits per heavy atom. The van der Waals surface area contributed by atoms with Crippen LogP contribution in [0.2, 0.25) is 0 Å². The third-order valence-electron chi connectivity index (χ3n) is 6.29. The van der Waals surface area contributed by atoms with Crippen molar-refractivity contribution in [3.63, 3.8) is 0 Å². The van der Waals surface area contributed by atoms with E-state index in [2.05, 4.69) is 45.1 Å². The summed E-state index contributed by atoms with van der Waals surface area (Å²) in [4.78, 5) is 11.4. The van der Waals surface area contributed by atoms with Crippen molar-refractivity contribution in [1.29, 1.82) is 0 Å². The molecule has 1 aliphatic heterocycles. The topological polar surface area (TPSA) is 58.4 Å². The monoisotopic (exact) mass is 577 g/mol. The molecule has 0 unspecified atom stereocenters. The van der Waals surface area contributed by atoms with Crippen LogP contribution in [0.4, 0.5) is 10.1 Å². The van der Waals surface area contributed by atoms with E-state index in [0.717, 1.165) is 65.0 Å². The van der Waals surface area contributed by atoms with Crippen molar-refractivity contribution in [2.75, 3.05) is 31.1 Å². The van der Waals surface area contributed by atoms with E-state index in [0.29, 0.717) is 5.69 Å². The normalized spacial score (nSPS) is 14.1. The molecular weight excluding hydrogens is 554 g/mol. The molecule has 6 nitrogen and oxygen atoms in total. The van der Waals surface area contributed by atoms with E-state index in [1.807, 2.05) is 40.9 Å². The molecule has 176 valence electrons. The Morgan fingerprint density at radius 1 is 0.971 bits per heavy atom. The average molecular weight is 577 g/mol. The van der Waals surface area contributed by atoms with Crippen molar-refractivity contribution in [3.8, 4) is 22.3 Å². The summed E-state index contributed by atoms with van der Waals surface area (Å²) in [6.07, 6.45) is 7.35. The van der Waals surface area contributed by atoms with Gasteiger partial charge in [-0.15, -0.1) is 0 Å². The Labute approximate surface area is 212 Å². The minimum absolute atomic E-state index is 0.202. The molecule has 0 amide bonds. The van der Waals surface area contributed by atoms with Crippen molar-refractivity contribution < 1.29 is 25.6 Å².